The van der Waals surface area contributed by atoms with Gasteiger partial charge in [-0.25, -0.2) is 0 Å². The zero-order chi connectivity index (χ0) is 14.1. The number of hydrogen-bond donors (Lipinski definition) is 2. The van der Waals surface area contributed by atoms with Crippen molar-refractivity contribution in [1.29, 1.82) is 0 Å². The summed E-state index contributed by atoms with van der Waals surface area (Å²) >= 11 is 3.56. The normalized spacial score (nSPS) is 11.0. The first kappa shape index (κ1) is 16.5. The molecule has 0 aliphatic rings. The maximum Gasteiger partial charge on any atom is 0.119 e. The molecule has 0 atom stereocenters. The third-order valence-electron chi connectivity index (χ3n) is 2.83. The fraction of sp³-hybridized carbons (Fsp3) is 0.600. The van der Waals surface area contributed by atoms with E-state index in [4.69, 9.17) is 4.74 Å². The third-order valence-corrected chi connectivity index (χ3v) is 3.60. The zero-order valence-corrected chi connectivity index (χ0v) is 13.7. The van der Waals surface area contributed by atoms with Gasteiger partial charge in [0.05, 0.1) is 7.11 Å². The van der Waals surface area contributed by atoms with Crippen molar-refractivity contribution in [2.75, 3.05) is 26.7 Å². The highest BCUT2D eigenvalue weighted by molar-refractivity contribution is 9.10. The first-order valence-electron chi connectivity index (χ1n) is 6.87. The Kier molecular flexibility index (Phi) is 8.10. The lowest BCUT2D eigenvalue weighted by Gasteiger charge is -2.10. The summed E-state index contributed by atoms with van der Waals surface area (Å²) < 4.78 is 6.36. The molecule has 1 rings (SSSR count). The van der Waals surface area contributed by atoms with Gasteiger partial charge in [-0.3, -0.25) is 0 Å². The molecule has 0 amide bonds. The van der Waals surface area contributed by atoms with Gasteiger partial charge in [0.1, 0.15) is 5.75 Å². The van der Waals surface area contributed by atoms with E-state index in [2.05, 4.69) is 46.5 Å². The molecule has 0 bridgehead atoms. The summed E-state index contributed by atoms with van der Waals surface area (Å²) in [6.07, 6.45) is 1.15. The Bertz CT molecular complexity index is 369. The van der Waals surface area contributed by atoms with Crippen LogP contribution in [0.25, 0.3) is 0 Å². The van der Waals surface area contributed by atoms with Gasteiger partial charge in [0.2, 0.25) is 0 Å². The lowest BCUT2D eigenvalue weighted by atomic mass is 10.2. The van der Waals surface area contributed by atoms with E-state index in [-0.39, 0.29) is 0 Å². The van der Waals surface area contributed by atoms with Gasteiger partial charge in [-0.15, -0.1) is 0 Å². The Balaban J connectivity index is 2.18. The largest absolute Gasteiger partial charge is 0.497 e. The minimum Gasteiger partial charge on any atom is -0.497 e. The Hall–Kier alpha value is -0.580. The van der Waals surface area contributed by atoms with E-state index in [0.717, 1.165) is 48.7 Å². The molecule has 0 fully saturated rings. The van der Waals surface area contributed by atoms with Crippen molar-refractivity contribution < 1.29 is 4.74 Å². The quantitative estimate of drug-likeness (QED) is 0.683. The van der Waals surface area contributed by atoms with Crippen molar-refractivity contribution in [1.82, 2.24) is 10.6 Å². The van der Waals surface area contributed by atoms with Crippen LogP contribution in [0.5, 0.6) is 5.75 Å². The Morgan fingerprint density at radius 1 is 1.21 bits per heavy atom. The highest BCUT2D eigenvalue weighted by atomic mass is 79.9. The second-order valence-corrected chi connectivity index (χ2v) is 5.94. The molecule has 0 spiro atoms. The van der Waals surface area contributed by atoms with E-state index in [0.29, 0.717) is 0 Å². The van der Waals surface area contributed by atoms with Gasteiger partial charge in [-0.2, -0.15) is 0 Å². The van der Waals surface area contributed by atoms with Crippen LogP contribution in [0.15, 0.2) is 22.7 Å². The van der Waals surface area contributed by atoms with Crippen molar-refractivity contribution in [3.8, 4) is 5.75 Å². The van der Waals surface area contributed by atoms with Gasteiger partial charge < -0.3 is 15.4 Å². The molecule has 0 saturated heterocycles. The van der Waals surface area contributed by atoms with Crippen LogP contribution in [-0.4, -0.2) is 26.7 Å². The molecule has 0 aliphatic heterocycles. The molecule has 2 N–H and O–H groups in total. The first-order valence-corrected chi connectivity index (χ1v) is 7.66. The van der Waals surface area contributed by atoms with Gasteiger partial charge in [0.15, 0.2) is 0 Å². The smallest absolute Gasteiger partial charge is 0.119 e. The molecular weight excluding hydrogens is 304 g/mol. The first-order chi connectivity index (χ1) is 9.13. The fourth-order valence-corrected chi connectivity index (χ4v) is 2.15. The minimum absolute atomic E-state index is 0.723. The van der Waals surface area contributed by atoms with Crippen LogP contribution in [0.3, 0.4) is 0 Å². The van der Waals surface area contributed by atoms with Crippen LogP contribution in [0, 0.1) is 5.92 Å². The standard InChI is InChI=1S/C15H25BrN2O/c1-12(2)10-17-7-4-8-18-11-13-9-14(19-3)5-6-15(13)16/h5-6,9,12,17-18H,4,7-8,10-11H2,1-3H3. The van der Waals surface area contributed by atoms with Crippen LogP contribution in [-0.2, 0) is 6.54 Å². The van der Waals surface area contributed by atoms with Gasteiger partial charge in [-0.05, 0) is 55.7 Å². The summed E-state index contributed by atoms with van der Waals surface area (Å²) in [6, 6.07) is 6.05. The van der Waals surface area contributed by atoms with Gasteiger partial charge in [0.25, 0.3) is 0 Å². The molecule has 3 nitrogen and oxygen atoms in total. The number of rotatable bonds is 9. The number of halogens is 1. The van der Waals surface area contributed by atoms with E-state index in [9.17, 15) is 0 Å². The number of hydrogen-bond acceptors (Lipinski definition) is 3. The molecule has 0 aliphatic carbocycles. The molecule has 1 aromatic carbocycles. The van der Waals surface area contributed by atoms with Crippen LogP contribution >= 0.6 is 15.9 Å². The number of benzene rings is 1. The lowest BCUT2D eigenvalue weighted by Crippen LogP contribution is -2.24. The topological polar surface area (TPSA) is 33.3 Å². The van der Waals surface area contributed by atoms with Crippen LogP contribution in [0.2, 0.25) is 0 Å². The highest BCUT2D eigenvalue weighted by Crippen LogP contribution is 2.22. The van der Waals surface area contributed by atoms with E-state index in [1.165, 1.54) is 5.56 Å². The molecule has 0 radical (unpaired) electrons. The van der Waals surface area contributed by atoms with E-state index in [1.54, 1.807) is 7.11 Å². The van der Waals surface area contributed by atoms with Gasteiger partial charge >= 0.3 is 0 Å². The van der Waals surface area contributed by atoms with Gasteiger partial charge in [0, 0.05) is 11.0 Å². The maximum absolute atomic E-state index is 5.23. The van der Waals surface area contributed by atoms with E-state index in [1.807, 2.05) is 12.1 Å². The Morgan fingerprint density at radius 2 is 1.95 bits per heavy atom. The molecule has 108 valence electrons. The molecule has 0 saturated carbocycles. The molecular formula is C15H25BrN2O. The summed E-state index contributed by atoms with van der Waals surface area (Å²) in [6.45, 7) is 8.51. The summed E-state index contributed by atoms with van der Waals surface area (Å²) in [5, 5.41) is 6.90. The second-order valence-electron chi connectivity index (χ2n) is 5.09. The van der Waals surface area contributed by atoms with Crippen molar-refractivity contribution >= 4 is 15.9 Å². The van der Waals surface area contributed by atoms with Gasteiger partial charge in [-0.1, -0.05) is 29.8 Å². The number of methoxy groups -OCH3 is 1. The third kappa shape index (κ3) is 6.95. The van der Waals surface area contributed by atoms with Crippen molar-refractivity contribution in [2.24, 2.45) is 5.92 Å². The van der Waals surface area contributed by atoms with Crippen molar-refractivity contribution in [3.05, 3.63) is 28.2 Å². The van der Waals surface area contributed by atoms with Crippen molar-refractivity contribution in [3.63, 3.8) is 0 Å². The lowest BCUT2D eigenvalue weighted by molar-refractivity contribution is 0.414. The van der Waals surface area contributed by atoms with E-state index >= 15 is 0 Å². The van der Waals surface area contributed by atoms with Crippen molar-refractivity contribution in [2.45, 2.75) is 26.8 Å². The predicted molar refractivity (Wildman–Crippen MR) is 84.7 cm³/mol. The summed E-state index contributed by atoms with van der Waals surface area (Å²) in [7, 11) is 1.70. The average molecular weight is 329 g/mol. The SMILES string of the molecule is COc1ccc(Br)c(CNCCCNCC(C)C)c1. The minimum atomic E-state index is 0.723. The molecule has 4 heteroatoms. The number of nitrogens with one attached hydrogen (secondary N) is 2. The van der Waals surface area contributed by atoms with Crippen LogP contribution < -0.4 is 15.4 Å². The fourth-order valence-electron chi connectivity index (χ4n) is 1.77. The predicted octanol–water partition coefficient (Wildman–Crippen LogP) is 3.18. The van der Waals surface area contributed by atoms with Crippen LogP contribution in [0.4, 0.5) is 0 Å². The highest BCUT2D eigenvalue weighted by Gasteiger charge is 2.01. The molecule has 0 heterocycles. The van der Waals surface area contributed by atoms with E-state index < -0.39 is 0 Å². The average Bonchev–Trinajstić information content (AvgIpc) is 2.39. The molecule has 0 unspecified atom stereocenters. The number of ether oxygens (including phenoxy) is 1. The second kappa shape index (κ2) is 9.34. The maximum atomic E-state index is 5.23. The summed E-state index contributed by atoms with van der Waals surface area (Å²) in [5.74, 6) is 1.62. The Labute approximate surface area is 125 Å². The van der Waals surface area contributed by atoms with Crippen LogP contribution in [0.1, 0.15) is 25.8 Å². The molecule has 19 heavy (non-hydrogen) atoms. The molecule has 0 aromatic heterocycles. The Morgan fingerprint density at radius 3 is 2.63 bits per heavy atom. The molecule has 1 aromatic rings. The summed E-state index contributed by atoms with van der Waals surface area (Å²) in [4.78, 5) is 0. The monoisotopic (exact) mass is 328 g/mol. The zero-order valence-electron chi connectivity index (χ0n) is 12.1. The summed E-state index contributed by atoms with van der Waals surface area (Å²) in [5.41, 5.74) is 1.23.